The van der Waals surface area contributed by atoms with Gasteiger partial charge < -0.3 is 9.47 Å². The molecule has 2 rings (SSSR count). The van der Waals surface area contributed by atoms with E-state index in [0.29, 0.717) is 5.75 Å². The number of carbonyl (C=O) groups excluding carboxylic acids is 1. The van der Waals surface area contributed by atoms with Crippen LogP contribution in [0, 0.1) is 0 Å². The molecule has 0 aliphatic rings. The Kier molecular flexibility index (Phi) is 6.15. The Labute approximate surface area is 158 Å². The lowest BCUT2D eigenvalue weighted by Gasteiger charge is -2.15. The molecule has 8 heteroatoms. The predicted molar refractivity (Wildman–Crippen MR) is 101 cm³/mol. The van der Waals surface area contributed by atoms with Crippen LogP contribution in [0.2, 0.25) is 5.02 Å². The number of methoxy groups -OCH3 is 2. The zero-order valence-electron chi connectivity index (χ0n) is 14.9. The van der Waals surface area contributed by atoms with E-state index in [1.54, 1.807) is 12.1 Å². The molecule has 2 aromatic carbocycles. The van der Waals surface area contributed by atoms with Gasteiger partial charge in [-0.2, -0.15) is 0 Å². The molecule has 0 amide bonds. The highest BCUT2D eigenvalue weighted by atomic mass is 35.5. The summed E-state index contributed by atoms with van der Waals surface area (Å²) < 4.78 is 37.8. The molecular formula is C18H20ClNO5S. The summed E-state index contributed by atoms with van der Waals surface area (Å²) in [7, 11) is -1.13. The van der Waals surface area contributed by atoms with Crippen LogP contribution in [0.1, 0.15) is 35.7 Å². The Bertz CT molecular complexity index is 925. The van der Waals surface area contributed by atoms with Gasteiger partial charge in [-0.05, 0) is 47.9 Å². The van der Waals surface area contributed by atoms with Crippen LogP contribution >= 0.6 is 11.6 Å². The molecule has 0 spiro atoms. The highest BCUT2D eigenvalue weighted by molar-refractivity contribution is 7.92. The second-order valence-corrected chi connectivity index (χ2v) is 7.94. The first-order chi connectivity index (χ1) is 12.2. The Balaban J connectivity index is 2.43. The van der Waals surface area contributed by atoms with Crippen LogP contribution in [-0.4, -0.2) is 28.6 Å². The predicted octanol–water partition coefficient (Wildman–Crippen LogP) is 4.06. The summed E-state index contributed by atoms with van der Waals surface area (Å²) >= 11 is 6.07. The molecule has 6 nitrogen and oxygen atoms in total. The average molecular weight is 398 g/mol. The van der Waals surface area contributed by atoms with E-state index in [1.165, 1.54) is 38.5 Å². The molecule has 0 saturated carbocycles. The molecule has 0 bridgehead atoms. The molecule has 0 atom stereocenters. The number of anilines is 1. The molecule has 140 valence electrons. The van der Waals surface area contributed by atoms with Gasteiger partial charge >= 0.3 is 5.97 Å². The lowest BCUT2D eigenvalue weighted by molar-refractivity contribution is 0.0601. The molecule has 0 fully saturated rings. The van der Waals surface area contributed by atoms with Crippen molar-refractivity contribution in [1.29, 1.82) is 0 Å². The largest absolute Gasteiger partial charge is 0.496 e. The van der Waals surface area contributed by atoms with Gasteiger partial charge in [0, 0.05) is 0 Å². The minimum absolute atomic E-state index is 0.0709. The van der Waals surface area contributed by atoms with Crippen molar-refractivity contribution in [1.82, 2.24) is 0 Å². The Morgan fingerprint density at radius 1 is 1.12 bits per heavy atom. The molecule has 0 saturated heterocycles. The maximum atomic E-state index is 12.8. The Morgan fingerprint density at radius 2 is 1.81 bits per heavy atom. The Hall–Kier alpha value is -2.25. The van der Waals surface area contributed by atoms with Gasteiger partial charge in [0.05, 0.1) is 35.4 Å². The van der Waals surface area contributed by atoms with Gasteiger partial charge in [0.2, 0.25) is 0 Å². The van der Waals surface area contributed by atoms with Crippen LogP contribution in [0.15, 0.2) is 41.3 Å². The zero-order valence-corrected chi connectivity index (χ0v) is 16.4. The standard InChI is InChI=1S/C18H20ClNO5S/c1-11(2)14-10-13(6-8-17(14)24-3)26(22,23)20-16-9-12(18(21)25-4)5-7-15(16)19/h5-11,20H,1-4H3. The summed E-state index contributed by atoms with van der Waals surface area (Å²) in [6, 6.07) is 8.83. The zero-order chi connectivity index (χ0) is 19.5. The van der Waals surface area contributed by atoms with E-state index >= 15 is 0 Å². The van der Waals surface area contributed by atoms with E-state index in [4.69, 9.17) is 16.3 Å². The van der Waals surface area contributed by atoms with E-state index in [1.807, 2.05) is 13.8 Å². The summed E-state index contributed by atoms with van der Waals surface area (Å²) in [6.07, 6.45) is 0. The first kappa shape index (κ1) is 20.1. The smallest absolute Gasteiger partial charge is 0.337 e. The first-order valence-corrected chi connectivity index (χ1v) is 9.64. The van der Waals surface area contributed by atoms with Gasteiger partial charge in [0.25, 0.3) is 10.0 Å². The molecule has 26 heavy (non-hydrogen) atoms. The van der Waals surface area contributed by atoms with Crippen molar-refractivity contribution in [2.75, 3.05) is 18.9 Å². The fourth-order valence-electron chi connectivity index (χ4n) is 2.38. The van der Waals surface area contributed by atoms with Crippen molar-refractivity contribution >= 4 is 33.3 Å². The number of sulfonamides is 1. The molecule has 0 radical (unpaired) electrons. The molecule has 0 heterocycles. The van der Waals surface area contributed by atoms with Gasteiger partial charge in [-0.3, -0.25) is 4.72 Å². The SMILES string of the molecule is COC(=O)c1ccc(Cl)c(NS(=O)(=O)c2ccc(OC)c(C(C)C)c2)c1. The number of hydrogen-bond acceptors (Lipinski definition) is 5. The van der Waals surface area contributed by atoms with E-state index in [9.17, 15) is 13.2 Å². The average Bonchev–Trinajstić information content (AvgIpc) is 2.61. The molecule has 0 aliphatic carbocycles. The normalized spacial score (nSPS) is 11.3. The number of benzene rings is 2. The highest BCUT2D eigenvalue weighted by Crippen LogP contribution is 2.31. The summed E-state index contributed by atoms with van der Waals surface area (Å²) in [6.45, 7) is 3.89. The number of rotatable bonds is 6. The van der Waals surface area contributed by atoms with E-state index < -0.39 is 16.0 Å². The molecule has 2 aromatic rings. The Morgan fingerprint density at radius 3 is 2.38 bits per heavy atom. The third-order valence-corrected chi connectivity index (χ3v) is 5.46. The highest BCUT2D eigenvalue weighted by Gasteiger charge is 2.20. The molecular weight excluding hydrogens is 378 g/mol. The van der Waals surface area contributed by atoms with Crippen molar-refractivity contribution in [3.63, 3.8) is 0 Å². The number of ether oxygens (including phenoxy) is 2. The lowest BCUT2D eigenvalue weighted by atomic mass is 10.0. The topological polar surface area (TPSA) is 81.7 Å². The van der Waals surface area contributed by atoms with Crippen molar-refractivity contribution in [2.24, 2.45) is 0 Å². The summed E-state index contributed by atoms with van der Waals surface area (Å²) in [5.41, 5.74) is 1.05. The van der Waals surface area contributed by atoms with E-state index in [0.717, 1.165) is 5.56 Å². The molecule has 0 aromatic heterocycles. The van der Waals surface area contributed by atoms with Crippen molar-refractivity contribution in [3.8, 4) is 5.75 Å². The monoisotopic (exact) mass is 397 g/mol. The minimum atomic E-state index is -3.91. The fraction of sp³-hybridized carbons (Fsp3) is 0.278. The number of esters is 1. The van der Waals surface area contributed by atoms with Gasteiger partial charge in [-0.25, -0.2) is 13.2 Å². The number of hydrogen-bond donors (Lipinski definition) is 1. The maximum absolute atomic E-state index is 12.8. The van der Waals surface area contributed by atoms with Gasteiger partial charge in [0.1, 0.15) is 5.75 Å². The number of halogens is 1. The van der Waals surface area contributed by atoms with Gasteiger partial charge in [-0.15, -0.1) is 0 Å². The van der Waals surface area contributed by atoms with Crippen LogP contribution in [0.25, 0.3) is 0 Å². The second kappa shape index (κ2) is 7.97. The second-order valence-electron chi connectivity index (χ2n) is 5.85. The van der Waals surface area contributed by atoms with Crippen molar-refractivity contribution in [2.45, 2.75) is 24.7 Å². The summed E-state index contributed by atoms with van der Waals surface area (Å²) in [5.74, 6) is 0.102. The van der Waals surface area contributed by atoms with E-state index in [2.05, 4.69) is 9.46 Å². The van der Waals surface area contributed by atoms with Crippen molar-refractivity contribution < 1.29 is 22.7 Å². The molecule has 1 N–H and O–H groups in total. The van der Waals surface area contributed by atoms with Gasteiger partial charge in [0.15, 0.2) is 0 Å². The van der Waals surface area contributed by atoms with E-state index in [-0.39, 0.29) is 27.1 Å². The lowest BCUT2D eigenvalue weighted by Crippen LogP contribution is -2.14. The van der Waals surface area contributed by atoms with Crippen LogP contribution in [-0.2, 0) is 14.8 Å². The molecule has 0 aliphatic heterocycles. The van der Waals surface area contributed by atoms with Crippen LogP contribution in [0.4, 0.5) is 5.69 Å². The number of nitrogens with one attached hydrogen (secondary N) is 1. The van der Waals surface area contributed by atoms with Crippen LogP contribution in [0.5, 0.6) is 5.75 Å². The third kappa shape index (κ3) is 4.28. The fourth-order valence-corrected chi connectivity index (χ4v) is 3.71. The van der Waals surface area contributed by atoms with Gasteiger partial charge in [-0.1, -0.05) is 25.4 Å². The molecule has 0 unspecified atom stereocenters. The summed E-state index contributed by atoms with van der Waals surface area (Å²) in [5, 5.41) is 0.166. The third-order valence-electron chi connectivity index (χ3n) is 3.77. The van der Waals surface area contributed by atoms with Crippen LogP contribution in [0.3, 0.4) is 0 Å². The summed E-state index contributed by atoms with van der Waals surface area (Å²) in [4.78, 5) is 11.7. The minimum Gasteiger partial charge on any atom is -0.496 e. The van der Waals surface area contributed by atoms with Crippen molar-refractivity contribution in [3.05, 3.63) is 52.5 Å². The van der Waals surface area contributed by atoms with Crippen LogP contribution < -0.4 is 9.46 Å². The maximum Gasteiger partial charge on any atom is 0.337 e. The number of carbonyl (C=O) groups is 1. The quantitative estimate of drug-likeness (QED) is 0.743. The first-order valence-electron chi connectivity index (χ1n) is 7.78.